The van der Waals surface area contributed by atoms with Gasteiger partial charge < -0.3 is 5.11 Å². The number of rotatable bonds is 10. The molecule has 1 nitrogen and oxygen atoms in total. The van der Waals surface area contributed by atoms with Crippen LogP contribution in [-0.4, -0.2) is 56.2 Å². The highest BCUT2D eigenvalue weighted by Crippen LogP contribution is 2.38. The van der Waals surface area contributed by atoms with Gasteiger partial charge in [0.2, 0.25) is 0 Å². The van der Waals surface area contributed by atoms with E-state index in [1.54, 1.807) is 0 Å². The average Bonchev–Trinajstić information content (AvgIpc) is 3.14. The maximum Gasteiger partial charge on any atom is 0.0737 e. The van der Waals surface area contributed by atoms with Crippen LogP contribution in [-0.2, 0) is 0 Å². The maximum absolute atomic E-state index is 9.73. The van der Waals surface area contributed by atoms with Crippen LogP contribution < -0.4 is 0 Å². The SMILES string of the molecule is OC(CSSCC1CS1)CSSCC1CS1. The second-order valence-electron chi connectivity index (χ2n) is 3.70. The van der Waals surface area contributed by atoms with Gasteiger partial charge >= 0.3 is 0 Å². The van der Waals surface area contributed by atoms with Gasteiger partial charge in [-0.1, -0.05) is 43.2 Å². The van der Waals surface area contributed by atoms with E-state index in [9.17, 15) is 5.11 Å². The molecule has 0 saturated carbocycles. The van der Waals surface area contributed by atoms with Crippen molar-refractivity contribution in [2.75, 3.05) is 34.5 Å². The third kappa shape index (κ3) is 7.48. The van der Waals surface area contributed by atoms with Crippen molar-refractivity contribution >= 4 is 66.7 Å². The molecule has 2 atom stereocenters. The lowest BCUT2D eigenvalue weighted by atomic mass is 10.5. The first-order valence-electron chi connectivity index (χ1n) is 5.24. The molecule has 2 aliphatic heterocycles. The van der Waals surface area contributed by atoms with E-state index in [-0.39, 0.29) is 6.10 Å². The lowest BCUT2D eigenvalue weighted by Gasteiger charge is -2.08. The minimum atomic E-state index is -0.131. The zero-order valence-electron chi connectivity index (χ0n) is 8.87. The molecule has 2 aliphatic rings. The number of aliphatic hydroxyl groups is 1. The van der Waals surface area contributed by atoms with Crippen molar-refractivity contribution in [2.24, 2.45) is 0 Å². The average molecular weight is 333 g/mol. The predicted octanol–water partition coefficient (Wildman–Crippen LogP) is 3.34. The molecule has 0 radical (unpaired) electrons. The van der Waals surface area contributed by atoms with Crippen LogP contribution in [0.15, 0.2) is 0 Å². The molecule has 16 heavy (non-hydrogen) atoms. The van der Waals surface area contributed by atoms with Gasteiger partial charge in [-0.3, -0.25) is 0 Å². The molecule has 0 aromatic carbocycles. The van der Waals surface area contributed by atoms with E-state index in [1.165, 1.54) is 23.0 Å². The smallest absolute Gasteiger partial charge is 0.0737 e. The Hall–Kier alpha value is 2.06. The van der Waals surface area contributed by atoms with Crippen LogP contribution in [0.2, 0.25) is 0 Å². The fraction of sp³-hybridized carbons (Fsp3) is 1.00. The Labute approximate surface area is 122 Å². The minimum absolute atomic E-state index is 0.131. The van der Waals surface area contributed by atoms with E-state index in [0.717, 1.165) is 22.0 Å². The Bertz CT molecular complexity index is 176. The van der Waals surface area contributed by atoms with Crippen LogP contribution in [0.3, 0.4) is 0 Å². The van der Waals surface area contributed by atoms with Gasteiger partial charge in [0.25, 0.3) is 0 Å². The Morgan fingerprint density at radius 3 is 1.75 bits per heavy atom. The normalized spacial score (nSPS) is 29.1. The fourth-order valence-corrected chi connectivity index (χ4v) is 8.09. The van der Waals surface area contributed by atoms with Crippen molar-refractivity contribution in [1.82, 2.24) is 0 Å². The first-order chi connectivity index (χ1) is 7.84. The largest absolute Gasteiger partial charge is 0.391 e. The quantitative estimate of drug-likeness (QED) is 0.371. The molecular weight excluding hydrogens is 317 g/mol. The topological polar surface area (TPSA) is 20.2 Å². The predicted molar refractivity (Wildman–Crippen MR) is 88.3 cm³/mol. The van der Waals surface area contributed by atoms with Crippen LogP contribution in [0.4, 0.5) is 0 Å². The first kappa shape index (κ1) is 14.5. The summed E-state index contributed by atoms with van der Waals surface area (Å²) in [6, 6.07) is 0. The monoisotopic (exact) mass is 332 g/mol. The summed E-state index contributed by atoms with van der Waals surface area (Å²) in [7, 11) is 7.51. The van der Waals surface area contributed by atoms with Gasteiger partial charge in [0.15, 0.2) is 0 Å². The van der Waals surface area contributed by atoms with Crippen molar-refractivity contribution in [3.8, 4) is 0 Å². The van der Waals surface area contributed by atoms with E-state index in [0.29, 0.717) is 0 Å². The molecule has 0 amide bonds. The van der Waals surface area contributed by atoms with E-state index in [4.69, 9.17) is 0 Å². The molecular formula is C9H16OS6. The summed E-state index contributed by atoms with van der Waals surface area (Å²) in [5.41, 5.74) is 0. The summed E-state index contributed by atoms with van der Waals surface area (Å²) in [6.07, 6.45) is -0.131. The van der Waals surface area contributed by atoms with Gasteiger partial charge in [-0.25, -0.2) is 0 Å². The standard InChI is InChI=1S/C9H16OS6/c10-7(1-13-15-5-8-3-11-8)2-14-16-6-9-4-12-9/h7-10H,1-6H2. The van der Waals surface area contributed by atoms with Gasteiger partial charge in [-0.2, -0.15) is 23.5 Å². The minimum Gasteiger partial charge on any atom is -0.391 e. The van der Waals surface area contributed by atoms with Crippen LogP contribution in [0.5, 0.6) is 0 Å². The molecule has 0 aliphatic carbocycles. The molecule has 2 heterocycles. The number of hydrogen-bond acceptors (Lipinski definition) is 7. The molecule has 2 unspecified atom stereocenters. The Kier molecular flexibility index (Phi) is 7.48. The summed E-state index contributed by atoms with van der Waals surface area (Å²) in [6.45, 7) is 0. The van der Waals surface area contributed by atoms with Crippen LogP contribution in [0.25, 0.3) is 0 Å². The Balaban J connectivity index is 1.33. The van der Waals surface area contributed by atoms with Crippen LogP contribution in [0.1, 0.15) is 0 Å². The van der Waals surface area contributed by atoms with E-state index in [2.05, 4.69) is 0 Å². The van der Waals surface area contributed by atoms with Gasteiger partial charge in [0.05, 0.1) is 6.10 Å². The first-order valence-corrected chi connectivity index (χ1v) is 12.3. The third-order valence-corrected chi connectivity index (χ3v) is 9.45. The lowest BCUT2D eigenvalue weighted by molar-refractivity contribution is 0.225. The van der Waals surface area contributed by atoms with Crippen LogP contribution in [0, 0.1) is 0 Å². The third-order valence-electron chi connectivity index (χ3n) is 2.00. The van der Waals surface area contributed by atoms with E-state index >= 15 is 0 Å². The Morgan fingerprint density at radius 2 is 1.38 bits per heavy atom. The summed E-state index contributed by atoms with van der Waals surface area (Å²) in [4.78, 5) is 0. The molecule has 0 spiro atoms. The molecule has 0 aromatic heterocycles. The number of aliphatic hydroxyl groups excluding tert-OH is 1. The summed E-state index contributed by atoms with van der Waals surface area (Å²) in [5.74, 6) is 6.97. The van der Waals surface area contributed by atoms with Gasteiger partial charge in [-0.05, 0) is 0 Å². The lowest BCUT2D eigenvalue weighted by Crippen LogP contribution is -2.12. The molecule has 0 aromatic rings. The second kappa shape index (κ2) is 8.27. The number of hydrogen-bond donors (Lipinski definition) is 1. The van der Waals surface area contributed by atoms with Crippen molar-refractivity contribution < 1.29 is 5.11 Å². The van der Waals surface area contributed by atoms with Crippen molar-refractivity contribution in [3.05, 3.63) is 0 Å². The molecule has 2 saturated heterocycles. The van der Waals surface area contributed by atoms with Gasteiger partial charge in [-0.15, -0.1) is 0 Å². The zero-order chi connectivity index (χ0) is 11.2. The van der Waals surface area contributed by atoms with E-state index < -0.39 is 0 Å². The highest BCUT2D eigenvalue weighted by Gasteiger charge is 2.23. The molecule has 7 heteroatoms. The van der Waals surface area contributed by atoms with E-state index in [1.807, 2.05) is 66.7 Å². The molecule has 2 rings (SSSR count). The summed E-state index contributed by atoms with van der Waals surface area (Å²) < 4.78 is 0. The fourth-order valence-electron chi connectivity index (χ4n) is 0.878. The van der Waals surface area contributed by atoms with Gasteiger partial charge in [0, 0.05) is 45.0 Å². The molecule has 1 N–H and O–H groups in total. The van der Waals surface area contributed by atoms with Gasteiger partial charge in [0.1, 0.15) is 0 Å². The zero-order valence-corrected chi connectivity index (χ0v) is 13.8. The highest BCUT2D eigenvalue weighted by molar-refractivity contribution is 8.77. The highest BCUT2D eigenvalue weighted by atomic mass is 33.1. The number of thioether (sulfide) groups is 2. The van der Waals surface area contributed by atoms with Crippen molar-refractivity contribution in [2.45, 2.75) is 16.6 Å². The van der Waals surface area contributed by atoms with Crippen molar-refractivity contribution in [3.63, 3.8) is 0 Å². The molecule has 94 valence electrons. The Morgan fingerprint density at radius 1 is 0.938 bits per heavy atom. The molecule has 2 fully saturated rings. The maximum atomic E-state index is 9.73. The molecule has 0 bridgehead atoms. The summed E-state index contributed by atoms with van der Waals surface area (Å²) in [5, 5.41) is 11.6. The summed E-state index contributed by atoms with van der Waals surface area (Å²) >= 11 is 4.09. The second-order valence-corrected chi connectivity index (χ2v) is 11.5. The van der Waals surface area contributed by atoms with Crippen LogP contribution >= 0.6 is 66.7 Å². The van der Waals surface area contributed by atoms with Crippen molar-refractivity contribution in [1.29, 1.82) is 0 Å².